The first-order valence-corrected chi connectivity index (χ1v) is 7.59. The zero-order valence-electron chi connectivity index (χ0n) is 14.1. The smallest absolute Gasteiger partial charge is 0.506 e. The second-order valence-electron chi connectivity index (χ2n) is 5.44. The van der Waals surface area contributed by atoms with Crippen molar-refractivity contribution in [2.75, 3.05) is 5.32 Å². The van der Waals surface area contributed by atoms with Gasteiger partial charge in [-0.25, -0.2) is 0 Å². The molecule has 0 fully saturated rings. The van der Waals surface area contributed by atoms with Crippen LogP contribution < -0.4 is 10.1 Å². The molecule has 1 amide bonds. The van der Waals surface area contributed by atoms with Crippen molar-refractivity contribution < 1.29 is 41.0 Å². The number of ether oxygens (including phenoxy) is 1. The molecule has 0 aliphatic heterocycles. The van der Waals surface area contributed by atoms with E-state index in [1.807, 2.05) is 0 Å². The van der Waals surface area contributed by atoms with Crippen molar-refractivity contribution in [3.05, 3.63) is 65.2 Å². The van der Waals surface area contributed by atoms with Crippen molar-refractivity contribution in [1.29, 1.82) is 5.26 Å². The van der Waals surface area contributed by atoms with Crippen LogP contribution in [0.5, 0.6) is 5.75 Å². The maximum atomic E-state index is 12.5. The van der Waals surface area contributed by atoms with E-state index in [1.165, 1.54) is 6.07 Å². The van der Waals surface area contributed by atoms with Crippen LogP contribution in [0, 0.1) is 11.3 Å². The van der Waals surface area contributed by atoms with E-state index < -0.39 is 41.1 Å². The maximum absolute atomic E-state index is 12.5. The molecule has 0 aromatic heterocycles. The number of anilines is 1. The van der Waals surface area contributed by atoms with Crippen molar-refractivity contribution in [2.24, 2.45) is 0 Å². The molecule has 11 heteroatoms. The zero-order chi connectivity index (χ0) is 21.8. The number of hydrogen-bond donors (Lipinski definition) is 2. The van der Waals surface area contributed by atoms with Crippen LogP contribution in [0.3, 0.4) is 0 Å². The fourth-order valence-electron chi connectivity index (χ4n) is 2.11. The van der Waals surface area contributed by atoms with Crippen LogP contribution in [0.4, 0.5) is 32.0 Å². The summed E-state index contributed by atoms with van der Waals surface area (Å²) in [6, 6.07) is 8.47. The van der Waals surface area contributed by atoms with Crippen LogP contribution >= 0.6 is 0 Å². The summed E-state index contributed by atoms with van der Waals surface area (Å²) in [7, 11) is 0. The largest absolute Gasteiger partial charge is 0.573 e. The van der Waals surface area contributed by atoms with Gasteiger partial charge in [0.05, 0.1) is 5.56 Å². The summed E-state index contributed by atoms with van der Waals surface area (Å²) in [4.78, 5) is 12.1. The first-order chi connectivity index (χ1) is 13.4. The van der Waals surface area contributed by atoms with Crippen LogP contribution in [-0.2, 0) is 11.0 Å². The lowest BCUT2D eigenvalue weighted by atomic mass is 10.1. The van der Waals surface area contributed by atoms with Gasteiger partial charge in [0.1, 0.15) is 17.6 Å². The van der Waals surface area contributed by atoms with Crippen molar-refractivity contribution >= 4 is 17.4 Å². The van der Waals surface area contributed by atoms with E-state index in [0.29, 0.717) is 12.1 Å². The van der Waals surface area contributed by atoms with Gasteiger partial charge in [0, 0.05) is 11.3 Å². The molecule has 0 atom stereocenters. The maximum Gasteiger partial charge on any atom is 0.573 e. The number of rotatable bonds is 4. The van der Waals surface area contributed by atoms with Crippen molar-refractivity contribution in [2.45, 2.75) is 12.5 Å². The van der Waals surface area contributed by atoms with Gasteiger partial charge in [-0.2, -0.15) is 18.4 Å². The summed E-state index contributed by atoms with van der Waals surface area (Å²) in [5.74, 6) is -2.54. The molecule has 0 bridgehead atoms. The summed E-state index contributed by atoms with van der Waals surface area (Å²) in [6.07, 6.45) is -9.49. The number of aliphatic hydroxyl groups excluding tert-OH is 1. The van der Waals surface area contributed by atoms with E-state index in [9.17, 15) is 36.2 Å². The second kappa shape index (κ2) is 8.14. The average molecular weight is 416 g/mol. The van der Waals surface area contributed by atoms with Gasteiger partial charge in [-0.15, -0.1) is 13.2 Å². The number of carbonyl (C=O) groups excluding carboxylic acids is 1. The highest BCUT2D eigenvalue weighted by atomic mass is 19.4. The standard InChI is InChI=1S/C18H10F6N2O3/c19-17(20,21)11-3-5-12(6-4-11)26-16(28)14(9-25)15(27)10-1-7-13(8-2-10)29-18(22,23)24/h1-8,27H,(H,26,28)/b15-14-. The van der Waals surface area contributed by atoms with Crippen molar-refractivity contribution in [1.82, 2.24) is 0 Å². The van der Waals surface area contributed by atoms with Gasteiger partial charge in [0.2, 0.25) is 0 Å². The third kappa shape index (κ3) is 5.90. The number of halogens is 6. The highest BCUT2D eigenvalue weighted by Gasteiger charge is 2.31. The molecule has 2 rings (SSSR count). The van der Waals surface area contributed by atoms with Gasteiger partial charge in [0.25, 0.3) is 5.91 Å². The Morgan fingerprint density at radius 1 is 0.966 bits per heavy atom. The molecular formula is C18H10F6N2O3. The van der Waals surface area contributed by atoms with E-state index in [2.05, 4.69) is 10.1 Å². The topological polar surface area (TPSA) is 82.4 Å². The first-order valence-electron chi connectivity index (χ1n) is 7.59. The van der Waals surface area contributed by atoms with Crippen LogP contribution in [-0.4, -0.2) is 17.4 Å². The highest BCUT2D eigenvalue weighted by molar-refractivity contribution is 6.10. The molecule has 152 valence electrons. The minimum Gasteiger partial charge on any atom is -0.506 e. The van der Waals surface area contributed by atoms with Gasteiger partial charge < -0.3 is 15.2 Å². The molecule has 0 heterocycles. The Labute approximate surface area is 159 Å². The lowest BCUT2D eigenvalue weighted by Gasteiger charge is -2.10. The number of nitrogens with one attached hydrogen (secondary N) is 1. The molecule has 5 nitrogen and oxygen atoms in total. The van der Waals surface area contributed by atoms with E-state index in [-0.39, 0.29) is 11.3 Å². The number of amides is 1. The molecule has 0 radical (unpaired) electrons. The number of carbonyl (C=O) groups is 1. The monoisotopic (exact) mass is 416 g/mol. The Bertz CT molecular complexity index is 956. The summed E-state index contributed by atoms with van der Waals surface area (Å²) >= 11 is 0. The number of nitrogens with zero attached hydrogens (tertiary/aromatic N) is 1. The van der Waals surface area contributed by atoms with Crippen LogP contribution in [0.2, 0.25) is 0 Å². The fourth-order valence-corrected chi connectivity index (χ4v) is 2.11. The molecule has 29 heavy (non-hydrogen) atoms. The Balaban J connectivity index is 2.21. The third-order valence-corrected chi connectivity index (χ3v) is 3.41. The van der Waals surface area contributed by atoms with Crippen LogP contribution in [0.1, 0.15) is 11.1 Å². The van der Waals surface area contributed by atoms with Crippen LogP contribution in [0.25, 0.3) is 5.76 Å². The quantitative estimate of drug-likeness (QED) is 0.317. The Kier molecular flexibility index (Phi) is 6.06. The zero-order valence-corrected chi connectivity index (χ0v) is 14.1. The minimum atomic E-state index is -4.92. The van der Waals surface area contributed by atoms with E-state index >= 15 is 0 Å². The van der Waals surface area contributed by atoms with Crippen molar-refractivity contribution in [3.63, 3.8) is 0 Å². The Hall–Kier alpha value is -3.68. The van der Waals surface area contributed by atoms with Gasteiger partial charge in [-0.1, -0.05) is 0 Å². The highest BCUT2D eigenvalue weighted by Crippen LogP contribution is 2.30. The SMILES string of the molecule is N#C/C(C(=O)Nc1ccc(C(F)(F)F)cc1)=C(/O)c1ccc(OC(F)(F)F)cc1. The number of aliphatic hydroxyl groups is 1. The normalized spacial score (nSPS) is 12.6. The molecular weight excluding hydrogens is 406 g/mol. The number of benzene rings is 2. The summed E-state index contributed by atoms with van der Waals surface area (Å²) in [5.41, 5.74) is -1.97. The molecule has 2 N–H and O–H groups in total. The third-order valence-electron chi connectivity index (χ3n) is 3.41. The fraction of sp³-hybridized carbons (Fsp3) is 0.111. The molecule has 0 aliphatic rings. The Morgan fingerprint density at radius 2 is 1.52 bits per heavy atom. The number of nitriles is 1. The molecule has 0 unspecified atom stereocenters. The summed E-state index contributed by atoms with van der Waals surface area (Å²) in [6.45, 7) is 0. The summed E-state index contributed by atoms with van der Waals surface area (Å²) in [5, 5.41) is 21.3. The van der Waals surface area contributed by atoms with E-state index in [0.717, 1.165) is 36.4 Å². The van der Waals surface area contributed by atoms with E-state index in [1.54, 1.807) is 0 Å². The van der Waals surface area contributed by atoms with Crippen LogP contribution in [0.15, 0.2) is 54.1 Å². The lowest BCUT2D eigenvalue weighted by Crippen LogP contribution is -2.17. The molecule has 2 aromatic carbocycles. The predicted molar refractivity (Wildman–Crippen MR) is 88.4 cm³/mol. The molecule has 2 aromatic rings. The molecule has 0 spiro atoms. The van der Waals surface area contributed by atoms with Gasteiger partial charge >= 0.3 is 12.5 Å². The number of hydrogen-bond acceptors (Lipinski definition) is 4. The second-order valence-corrected chi connectivity index (χ2v) is 5.44. The first kappa shape index (κ1) is 21.6. The van der Waals surface area contributed by atoms with E-state index in [4.69, 9.17) is 5.26 Å². The average Bonchev–Trinajstić information content (AvgIpc) is 2.61. The molecule has 0 saturated heterocycles. The van der Waals surface area contributed by atoms with Gasteiger partial charge in [-0.3, -0.25) is 4.79 Å². The van der Waals surface area contributed by atoms with Gasteiger partial charge in [-0.05, 0) is 48.5 Å². The lowest BCUT2D eigenvalue weighted by molar-refractivity contribution is -0.274. The minimum absolute atomic E-state index is 0.0718. The molecule has 0 saturated carbocycles. The number of alkyl halides is 6. The Morgan fingerprint density at radius 3 is 1.97 bits per heavy atom. The predicted octanol–water partition coefficient (Wildman–Crippen LogP) is 5.04. The molecule has 0 aliphatic carbocycles. The van der Waals surface area contributed by atoms with Gasteiger partial charge in [0.15, 0.2) is 5.57 Å². The van der Waals surface area contributed by atoms with Crippen molar-refractivity contribution in [3.8, 4) is 11.8 Å². The summed E-state index contributed by atoms with van der Waals surface area (Å²) < 4.78 is 77.7.